The molecule has 2 heterocycles. The maximum Gasteiger partial charge on any atom is 0.416 e. The van der Waals surface area contributed by atoms with Crippen molar-refractivity contribution in [2.75, 3.05) is 18.4 Å². The first-order valence-corrected chi connectivity index (χ1v) is 9.45. The highest BCUT2D eigenvalue weighted by atomic mass is 32.1. The molecule has 0 saturated carbocycles. The van der Waals surface area contributed by atoms with Crippen LogP contribution in [-0.2, 0) is 6.18 Å². The van der Waals surface area contributed by atoms with Gasteiger partial charge in [-0.15, -0.1) is 11.3 Å². The number of piperidine rings is 1. The molecule has 1 fully saturated rings. The summed E-state index contributed by atoms with van der Waals surface area (Å²) < 4.78 is 39.0. The molecule has 3 amide bonds. The normalized spacial score (nSPS) is 17.2. The number of nitrogens with one attached hydrogen (secondary N) is 3. The van der Waals surface area contributed by atoms with E-state index < -0.39 is 23.7 Å². The molecule has 0 bridgehead atoms. The van der Waals surface area contributed by atoms with E-state index in [2.05, 4.69) is 16.0 Å². The highest BCUT2D eigenvalue weighted by Crippen LogP contribution is 2.38. The molecule has 150 valence electrons. The van der Waals surface area contributed by atoms with Gasteiger partial charge in [0.05, 0.1) is 11.1 Å². The Kier molecular flexibility index (Phi) is 5.90. The van der Waals surface area contributed by atoms with E-state index in [-0.39, 0.29) is 16.6 Å². The van der Waals surface area contributed by atoms with E-state index in [1.54, 1.807) is 0 Å². The third-order valence-corrected chi connectivity index (χ3v) is 5.42. The van der Waals surface area contributed by atoms with Crippen LogP contribution >= 0.6 is 11.3 Å². The Morgan fingerprint density at radius 3 is 2.68 bits per heavy atom. The van der Waals surface area contributed by atoms with Gasteiger partial charge < -0.3 is 16.4 Å². The van der Waals surface area contributed by atoms with E-state index in [1.807, 2.05) is 0 Å². The summed E-state index contributed by atoms with van der Waals surface area (Å²) in [6.45, 7) is 1.52. The van der Waals surface area contributed by atoms with Gasteiger partial charge in [-0.3, -0.25) is 10.1 Å². The summed E-state index contributed by atoms with van der Waals surface area (Å²) >= 11 is 0.995. The van der Waals surface area contributed by atoms with E-state index in [9.17, 15) is 22.8 Å². The third-order valence-electron chi connectivity index (χ3n) is 4.32. The van der Waals surface area contributed by atoms with Crippen LogP contribution < -0.4 is 21.7 Å². The molecule has 1 aromatic carbocycles. The summed E-state index contributed by atoms with van der Waals surface area (Å²) in [5, 5.41) is 8.64. The van der Waals surface area contributed by atoms with Crippen LogP contribution in [0.1, 0.15) is 28.8 Å². The lowest BCUT2D eigenvalue weighted by molar-refractivity contribution is -0.137. The lowest BCUT2D eigenvalue weighted by Crippen LogP contribution is -2.45. The van der Waals surface area contributed by atoms with Gasteiger partial charge in [0.1, 0.15) is 5.00 Å². The number of rotatable bonds is 4. The molecule has 10 heteroatoms. The van der Waals surface area contributed by atoms with Crippen LogP contribution in [0.3, 0.4) is 0 Å². The minimum absolute atomic E-state index is 0.0559. The number of carbonyl (C=O) groups is 2. The highest BCUT2D eigenvalue weighted by molar-refractivity contribution is 7.20. The number of alkyl halides is 3. The number of hydrogen-bond donors (Lipinski definition) is 4. The molecule has 28 heavy (non-hydrogen) atoms. The fourth-order valence-electron chi connectivity index (χ4n) is 2.99. The Morgan fingerprint density at radius 2 is 2.04 bits per heavy atom. The second-order valence-electron chi connectivity index (χ2n) is 6.44. The van der Waals surface area contributed by atoms with Crippen LogP contribution in [0.5, 0.6) is 0 Å². The first kappa shape index (κ1) is 20.2. The van der Waals surface area contributed by atoms with E-state index in [0.717, 1.165) is 42.9 Å². The molecule has 1 aliphatic rings. The van der Waals surface area contributed by atoms with Crippen LogP contribution in [-0.4, -0.2) is 31.1 Å². The minimum Gasteiger partial charge on any atom is -0.351 e. The van der Waals surface area contributed by atoms with Crippen molar-refractivity contribution in [1.82, 2.24) is 10.6 Å². The molecular weight excluding hydrogens is 393 g/mol. The van der Waals surface area contributed by atoms with Crippen molar-refractivity contribution >= 4 is 28.3 Å². The van der Waals surface area contributed by atoms with Gasteiger partial charge in [-0.2, -0.15) is 13.2 Å². The van der Waals surface area contributed by atoms with Crippen molar-refractivity contribution in [1.29, 1.82) is 0 Å². The van der Waals surface area contributed by atoms with Crippen molar-refractivity contribution in [3.63, 3.8) is 0 Å². The minimum atomic E-state index is -4.48. The van der Waals surface area contributed by atoms with Gasteiger partial charge in [-0.1, -0.05) is 12.1 Å². The predicted octanol–water partition coefficient (Wildman–Crippen LogP) is 3.41. The Bertz CT molecular complexity index is 876. The average molecular weight is 412 g/mol. The number of nitrogens with two attached hydrogens (primary N) is 1. The largest absolute Gasteiger partial charge is 0.416 e. The van der Waals surface area contributed by atoms with Crippen LogP contribution in [0, 0.1) is 0 Å². The number of urea groups is 1. The molecule has 0 unspecified atom stereocenters. The quantitative estimate of drug-likeness (QED) is 0.620. The number of hydrogen-bond acceptors (Lipinski definition) is 4. The fourth-order valence-corrected chi connectivity index (χ4v) is 4.05. The molecule has 3 rings (SSSR count). The van der Waals surface area contributed by atoms with Crippen LogP contribution in [0.15, 0.2) is 30.3 Å². The molecule has 0 aliphatic carbocycles. The molecule has 1 aromatic heterocycles. The molecule has 2 aromatic rings. The van der Waals surface area contributed by atoms with Crippen LogP contribution in [0.4, 0.5) is 23.0 Å². The predicted molar refractivity (Wildman–Crippen MR) is 101 cm³/mol. The zero-order valence-corrected chi connectivity index (χ0v) is 15.5. The number of thiophene rings is 1. The third kappa shape index (κ3) is 4.82. The fraction of sp³-hybridized carbons (Fsp3) is 0.333. The molecule has 1 saturated heterocycles. The monoisotopic (exact) mass is 412 g/mol. The van der Waals surface area contributed by atoms with Crippen LogP contribution in [0.2, 0.25) is 0 Å². The highest BCUT2D eigenvalue weighted by Gasteiger charge is 2.31. The first-order chi connectivity index (χ1) is 13.2. The van der Waals surface area contributed by atoms with E-state index in [1.165, 1.54) is 18.2 Å². The van der Waals surface area contributed by atoms with Crippen molar-refractivity contribution in [2.45, 2.75) is 25.1 Å². The summed E-state index contributed by atoms with van der Waals surface area (Å²) in [7, 11) is 0. The zero-order chi connectivity index (χ0) is 20.3. The van der Waals surface area contributed by atoms with Gasteiger partial charge >= 0.3 is 12.2 Å². The first-order valence-electron chi connectivity index (χ1n) is 8.63. The summed E-state index contributed by atoms with van der Waals surface area (Å²) in [5.74, 6) is -0.410. The average Bonchev–Trinajstić information content (AvgIpc) is 3.05. The molecule has 1 aliphatic heterocycles. The zero-order valence-electron chi connectivity index (χ0n) is 14.7. The summed E-state index contributed by atoms with van der Waals surface area (Å²) in [6, 6.07) is 5.35. The molecule has 6 nitrogen and oxygen atoms in total. The molecule has 0 radical (unpaired) electrons. The number of anilines is 1. The van der Waals surface area contributed by atoms with Crippen molar-refractivity contribution in [3.05, 3.63) is 41.5 Å². The number of carbonyl (C=O) groups excluding carboxylic acids is 2. The number of primary amides is 1. The van der Waals surface area contributed by atoms with E-state index >= 15 is 0 Å². The molecule has 1 atom stereocenters. The smallest absolute Gasteiger partial charge is 0.351 e. The SMILES string of the molecule is NC(=O)Nc1sc(-c2cccc(C(F)(F)F)c2)cc1C(=O)N[C@H]1CCCNC1. The van der Waals surface area contributed by atoms with Gasteiger partial charge in [0.25, 0.3) is 5.91 Å². The van der Waals surface area contributed by atoms with Gasteiger partial charge in [0, 0.05) is 17.5 Å². The Balaban J connectivity index is 1.91. The lowest BCUT2D eigenvalue weighted by atomic mass is 10.1. The number of halogens is 3. The van der Waals surface area contributed by atoms with Crippen molar-refractivity contribution in [2.24, 2.45) is 5.73 Å². The standard InChI is InChI=1S/C18H19F3N4O2S/c19-18(20,21)11-4-1-3-10(7-11)14-8-13(16(28-14)25-17(22)27)15(26)24-12-5-2-6-23-9-12/h1,3-4,7-8,12,23H,2,5-6,9H2,(H,24,26)(H3,22,25,27)/t12-/m0/s1. The Labute approximate surface area is 163 Å². The summed E-state index contributed by atoms with van der Waals surface area (Å²) in [5.41, 5.74) is 4.85. The van der Waals surface area contributed by atoms with Crippen molar-refractivity contribution in [3.8, 4) is 10.4 Å². The second kappa shape index (κ2) is 8.19. The van der Waals surface area contributed by atoms with Gasteiger partial charge in [-0.25, -0.2) is 4.79 Å². The number of amides is 3. The molecular formula is C18H19F3N4O2S. The molecule has 0 spiro atoms. The topological polar surface area (TPSA) is 96.2 Å². The Hall–Kier alpha value is -2.59. The van der Waals surface area contributed by atoms with Gasteiger partial charge in [-0.05, 0) is 43.1 Å². The van der Waals surface area contributed by atoms with Gasteiger partial charge in [0.15, 0.2) is 0 Å². The number of benzene rings is 1. The maximum absolute atomic E-state index is 13.0. The maximum atomic E-state index is 13.0. The molecule has 5 N–H and O–H groups in total. The van der Waals surface area contributed by atoms with Gasteiger partial charge in [0.2, 0.25) is 0 Å². The lowest BCUT2D eigenvalue weighted by Gasteiger charge is -2.23. The Morgan fingerprint density at radius 1 is 1.25 bits per heavy atom. The van der Waals surface area contributed by atoms with E-state index in [0.29, 0.717) is 17.0 Å². The van der Waals surface area contributed by atoms with E-state index in [4.69, 9.17) is 5.73 Å². The second-order valence-corrected chi connectivity index (χ2v) is 7.49. The summed E-state index contributed by atoms with van der Waals surface area (Å²) in [6.07, 6.45) is -2.73. The van der Waals surface area contributed by atoms with Crippen molar-refractivity contribution < 1.29 is 22.8 Å². The summed E-state index contributed by atoms with van der Waals surface area (Å²) in [4.78, 5) is 24.4. The van der Waals surface area contributed by atoms with Crippen LogP contribution in [0.25, 0.3) is 10.4 Å².